The van der Waals surface area contributed by atoms with Crippen molar-refractivity contribution in [3.8, 4) is 5.82 Å². The Hall–Kier alpha value is -3.92. The molecule has 0 radical (unpaired) electrons. The van der Waals surface area contributed by atoms with Crippen LogP contribution in [0, 0.1) is 12.8 Å². The van der Waals surface area contributed by atoms with E-state index in [9.17, 15) is 13.6 Å². The lowest BCUT2D eigenvalue weighted by Gasteiger charge is -2.28. The lowest BCUT2D eigenvalue weighted by atomic mass is 10.0. The smallest absolute Gasteiger partial charge is 0.296 e. The van der Waals surface area contributed by atoms with Gasteiger partial charge in [0.15, 0.2) is 5.82 Å². The first-order chi connectivity index (χ1) is 20.0. The molecule has 1 unspecified atom stereocenters. The van der Waals surface area contributed by atoms with Crippen LogP contribution < -0.4 is 4.90 Å². The number of imidazole rings is 1. The van der Waals surface area contributed by atoms with E-state index < -0.39 is 6.43 Å². The highest BCUT2D eigenvalue weighted by atomic mass is 19.3. The summed E-state index contributed by atoms with van der Waals surface area (Å²) in [6.07, 6.45) is 0.616. The molecule has 2 fully saturated rings. The molecule has 0 saturated carbocycles. The van der Waals surface area contributed by atoms with Crippen LogP contribution in [-0.4, -0.2) is 69.7 Å². The highest BCUT2D eigenvalue weighted by molar-refractivity contribution is 5.95. The van der Waals surface area contributed by atoms with E-state index in [2.05, 4.69) is 9.88 Å². The minimum absolute atomic E-state index is 0.0965. The molecule has 0 aliphatic carbocycles. The van der Waals surface area contributed by atoms with E-state index in [0.29, 0.717) is 67.1 Å². The molecule has 0 N–H and O–H groups in total. The molecule has 0 bridgehead atoms. The molecule has 4 aromatic rings. The molecular weight excluding hydrogens is 526 g/mol. The summed E-state index contributed by atoms with van der Waals surface area (Å²) in [6.45, 7) is 6.00. The summed E-state index contributed by atoms with van der Waals surface area (Å²) >= 11 is 0. The van der Waals surface area contributed by atoms with Gasteiger partial charge in [-0.2, -0.15) is 0 Å². The molecule has 0 spiro atoms. The van der Waals surface area contributed by atoms with Crippen LogP contribution in [0.2, 0.25) is 0 Å². The highest BCUT2D eigenvalue weighted by Crippen LogP contribution is 2.29. The Labute approximate surface area is 238 Å². The number of carbonyl (C=O) groups excluding carboxylic acids is 1. The number of para-hydroxylation sites is 2. The quantitative estimate of drug-likeness (QED) is 0.288. The second-order valence-corrected chi connectivity index (χ2v) is 10.8. The number of hydrogen-bond donors (Lipinski definition) is 0. The fourth-order valence-electron chi connectivity index (χ4n) is 5.87. The Bertz CT molecular complexity index is 1530. The van der Waals surface area contributed by atoms with Crippen LogP contribution in [0.3, 0.4) is 0 Å². The predicted molar refractivity (Wildman–Crippen MR) is 153 cm³/mol. The number of aromatic nitrogens is 4. The van der Waals surface area contributed by atoms with Crippen molar-refractivity contribution >= 4 is 22.8 Å². The van der Waals surface area contributed by atoms with Gasteiger partial charge in [-0.25, -0.2) is 23.7 Å². The number of fused-ring (bicyclic) bond motifs is 1. The summed E-state index contributed by atoms with van der Waals surface area (Å²) in [6, 6.07) is 16.6. The number of amides is 1. The Morgan fingerprint density at radius 2 is 1.76 bits per heavy atom. The lowest BCUT2D eigenvalue weighted by molar-refractivity contribution is 0.0785. The van der Waals surface area contributed by atoms with E-state index in [4.69, 9.17) is 14.7 Å². The molecule has 2 aromatic carbocycles. The number of benzene rings is 2. The third kappa shape index (κ3) is 5.79. The molecule has 2 aliphatic rings. The number of nitrogens with zero attached hydrogens (tertiary/aromatic N) is 6. The van der Waals surface area contributed by atoms with Crippen molar-refractivity contribution in [3.63, 3.8) is 0 Å². The van der Waals surface area contributed by atoms with Crippen LogP contribution >= 0.6 is 0 Å². The molecule has 4 heterocycles. The third-order valence-electron chi connectivity index (χ3n) is 8.05. The van der Waals surface area contributed by atoms with Crippen molar-refractivity contribution in [1.29, 1.82) is 0 Å². The van der Waals surface area contributed by atoms with Crippen molar-refractivity contribution in [2.75, 3.05) is 44.3 Å². The van der Waals surface area contributed by atoms with Gasteiger partial charge >= 0.3 is 0 Å². The molecular formula is C31H34F2N6O2. The Morgan fingerprint density at radius 1 is 1.00 bits per heavy atom. The normalized spacial score (nSPS) is 17.6. The summed E-state index contributed by atoms with van der Waals surface area (Å²) in [5.74, 6) is 1.91. The largest absolute Gasteiger partial charge is 0.378 e. The van der Waals surface area contributed by atoms with E-state index in [-0.39, 0.29) is 11.7 Å². The van der Waals surface area contributed by atoms with Gasteiger partial charge in [-0.15, -0.1) is 0 Å². The van der Waals surface area contributed by atoms with E-state index >= 15 is 0 Å². The van der Waals surface area contributed by atoms with Gasteiger partial charge in [0, 0.05) is 44.2 Å². The second kappa shape index (κ2) is 11.9. The second-order valence-electron chi connectivity index (χ2n) is 10.8. The molecule has 6 rings (SSSR count). The van der Waals surface area contributed by atoms with E-state index in [1.165, 1.54) is 4.57 Å². The molecule has 1 amide bonds. The third-order valence-corrected chi connectivity index (χ3v) is 8.05. The first kappa shape index (κ1) is 27.3. The fourth-order valence-corrected chi connectivity index (χ4v) is 5.87. The van der Waals surface area contributed by atoms with Gasteiger partial charge < -0.3 is 14.5 Å². The summed E-state index contributed by atoms with van der Waals surface area (Å²) in [4.78, 5) is 31.0. The maximum absolute atomic E-state index is 14.1. The number of halogens is 2. The van der Waals surface area contributed by atoms with Crippen LogP contribution in [0.4, 0.5) is 14.6 Å². The van der Waals surface area contributed by atoms with Crippen LogP contribution in [0.25, 0.3) is 16.9 Å². The van der Waals surface area contributed by atoms with E-state index in [1.54, 1.807) is 24.3 Å². The van der Waals surface area contributed by atoms with E-state index in [1.807, 2.05) is 42.2 Å². The molecule has 41 heavy (non-hydrogen) atoms. The monoisotopic (exact) mass is 560 g/mol. The molecule has 2 aliphatic heterocycles. The standard InChI is InChI=1S/C31H34F2N6O2/c1-21-7-2-3-9-23(21)31(40)38-14-13-22(20-38)8-6-12-26-35-27(37-15-17-41-18-16-37)19-28(36-26)39-25-11-5-4-10-24(25)34-30(39)29(32)33/h2-5,7,9-11,19,22,29H,6,8,12-18,20H2,1H3. The van der Waals surface area contributed by atoms with Crippen LogP contribution in [0.15, 0.2) is 54.6 Å². The first-order valence-electron chi connectivity index (χ1n) is 14.3. The number of anilines is 1. The fraction of sp³-hybridized carbons (Fsp3) is 0.419. The van der Waals surface area contributed by atoms with Gasteiger partial charge in [0.2, 0.25) is 0 Å². The van der Waals surface area contributed by atoms with Gasteiger partial charge in [0.25, 0.3) is 12.3 Å². The number of rotatable bonds is 8. The predicted octanol–water partition coefficient (Wildman–Crippen LogP) is 5.38. The number of morpholine rings is 1. The van der Waals surface area contributed by atoms with Crippen LogP contribution in [0.5, 0.6) is 0 Å². The minimum atomic E-state index is -2.75. The zero-order valence-corrected chi connectivity index (χ0v) is 23.2. The lowest BCUT2D eigenvalue weighted by Crippen LogP contribution is -2.37. The summed E-state index contributed by atoms with van der Waals surface area (Å²) in [5, 5.41) is 0. The Morgan fingerprint density at radius 3 is 2.56 bits per heavy atom. The molecule has 10 heteroatoms. The SMILES string of the molecule is Cc1ccccc1C(=O)N1CCC(CCCc2nc(N3CCOCC3)cc(-n3c(C(F)F)nc4ccccc43)n2)C1. The molecule has 8 nitrogen and oxygen atoms in total. The first-order valence-corrected chi connectivity index (χ1v) is 14.3. The van der Waals surface area contributed by atoms with Crippen LogP contribution in [-0.2, 0) is 11.2 Å². The van der Waals surface area contributed by atoms with Crippen molar-refractivity contribution in [2.45, 2.75) is 39.0 Å². The summed E-state index contributed by atoms with van der Waals surface area (Å²) in [5.41, 5.74) is 2.85. The van der Waals surface area contributed by atoms with Crippen molar-refractivity contribution in [1.82, 2.24) is 24.4 Å². The molecule has 214 valence electrons. The number of ether oxygens (including phenoxy) is 1. The number of alkyl halides is 2. The number of carbonyl (C=O) groups is 1. The van der Waals surface area contributed by atoms with Crippen molar-refractivity contribution in [2.24, 2.45) is 5.92 Å². The summed E-state index contributed by atoms with van der Waals surface area (Å²) < 4.78 is 35.2. The number of aryl methyl sites for hydroxylation is 2. The number of hydrogen-bond acceptors (Lipinski definition) is 6. The zero-order valence-electron chi connectivity index (χ0n) is 23.2. The van der Waals surface area contributed by atoms with Gasteiger partial charge in [0.05, 0.1) is 24.2 Å². The zero-order chi connectivity index (χ0) is 28.3. The van der Waals surface area contributed by atoms with Crippen molar-refractivity contribution in [3.05, 3.63) is 77.4 Å². The maximum Gasteiger partial charge on any atom is 0.296 e. The maximum atomic E-state index is 14.1. The average molecular weight is 561 g/mol. The summed E-state index contributed by atoms with van der Waals surface area (Å²) in [7, 11) is 0. The highest BCUT2D eigenvalue weighted by Gasteiger charge is 2.28. The van der Waals surface area contributed by atoms with Gasteiger partial charge in [0.1, 0.15) is 17.5 Å². The molecule has 2 saturated heterocycles. The average Bonchev–Trinajstić information content (AvgIpc) is 3.63. The minimum Gasteiger partial charge on any atom is -0.378 e. The van der Waals surface area contributed by atoms with Gasteiger partial charge in [-0.1, -0.05) is 30.3 Å². The topological polar surface area (TPSA) is 76.4 Å². The molecule has 1 atom stereocenters. The Kier molecular flexibility index (Phi) is 7.91. The molecule has 2 aromatic heterocycles. The van der Waals surface area contributed by atoms with Crippen molar-refractivity contribution < 1.29 is 18.3 Å². The Balaban J connectivity index is 1.21. The van der Waals surface area contributed by atoms with Gasteiger partial charge in [-0.3, -0.25) is 9.36 Å². The van der Waals surface area contributed by atoms with Gasteiger partial charge in [-0.05, 0) is 55.9 Å². The number of likely N-dealkylation sites (tertiary alicyclic amines) is 1. The van der Waals surface area contributed by atoms with E-state index in [0.717, 1.165) is 43.5 Å². The van der Waals surface area contributed by atoms with Crippen LogP contribution in [0.1, 0.15) is 53.3 Å².